The van der Waals surface area contributed by atoms with Gasteiger partial charge in [-0.3, -0.25) is 14.9 Å². The SMILES string of the molecule is O=C(CC1CCC=CC1[N+](=O)[O-])c1ccccc1. The number of hydrogen-bond acceptors (Lipinski definition) is 3. The molecule has 0 saturated heterocycles. The third-order valence-electron chi connectivity index (χ3n) is 3.31. The summed E-state index contributed by atoms with van der Waals surface area (Å²) in [6.45, 7) is 0. The van der Waals surface area contributed by atoms with E-state index in [4.69, 9.17) is 0 Å². The van der Waals surface area contributed by atoms with Crippen molar-refractivity contribution in [2.45, 2.75) is 25.3 Å². The minimum Gasteiger partial charge on any atom is -0.294 e. The Morgan fingerprint density at radius 2 is 2.06 bits per heavy atom. The number of rotatable bonds is 4. The van der Waals surface area contributed by atoms with E-state index >= 15 is 0 Å². The molecule has 1 aliphatic rings. The van der Waals surface area contributed by atoms with Crippen LogP contribution >= 0.6 is 0 Å². The smallest absolute Gasteiger partial charge is 0.234 e. The molecule has 0 aliphatic heterocycles. The molecule has 0 N–H and O–H groups in total. The lowest BCUT2D eigenvalue weighted by Crippen LogP contribution is -2.30. The van der Waals surface area contributed by atoms with Crippen molar-refractivity contribution in [2.24, 2.45) is 5.92 Å². The fourth-order valence-corrected chi connectivity index (χ4v) is 2.32. The number of benzene rings is 1. The van der Waals surface area contributed by atoms with Crippen LogP contribution in [0.2, 0.25) is 0 Å². The van der Waals surface area contributed by atoms with Crippen LogP contribution in [0.15, 0.2) is 42.5 Å². The predicted molar refractivity (Wildman–Crippen MR) is 68.0 cm³/mol. The molecule has 2 unspecified atom stereocenters. The monoisotopic (exact) mass is 245 g/mol. The molecule has 18 heavy (non-hydrogen) atoms. The number of Topliss-reactive ketones (excluding diaryl/α,β-unsaturated/α-hetero) is 1. The molecule has 0 fully saturated rings. The normalized spacial score (nSPS) is 22.7. The summed E-state index contributed by atoms with van der Waals surface area (Å²) in [5, 5.41) is 10.9. The number of ketones is 1. The number of nitro groups is 1. The van der Waals surface area contributed by atoms with Gasteiger partial charge in [-0.25, -0.2) is 0 Å². The second-order valence-electron chi connectivity index (χ2n) is 4.53. The summed E-state index contributed by atoms with van der Waals surface area (Å²) in [5.41, 5.74) is 0.633. The molecule has 2 rings (SSSR count). The van der Waals surface area contributed by atoms with Gasteiger partial charge < -0.3 is 0 Å². The van der Waals surface area contributed by atoms with Gasteiger partial charge in [0.15, 0.2) is 5.78 Å². The van der Waals surface area contributed by atoms with Crippen LogP contribution in [-0.4, -0.2) is 16.7 Å². The summed E-state index contributed by atoms with van der Waals surface area (Å²) in [5.74, 6) is -0.194. The van der Waals surface area contributed by atoms with Crippen LogP contribution < -0.4 is 0 Å². The molecule has 0 amide bonds. The maximum atomic E-state index is 12.0. The van der Waals surface area contributed by atoms with Crippen LogP contribution in [0.5, 0.6) is 0 Å². The average Bonchev–Trinajstić information content (AvgIpc) is 2.40. The minimum atomic E-state index is -0.716. The molecular weight excluding hydrogens is 230 g/mol. The van der Waals surface area contributed by atoms with E-state index in [1.807, 2.05) is 12.1 Å². The van der Waals surface area contributed by atoms with Gasteiger partial charge in [-0.05, 0) is 18.9 Å². The summed E-state index contributed by atoms with van der Waals surface area (Å²) < 4.78 is 0. The topological polar surface area (TPSA) is 60.2 Å². The zero-order valence-corrected chi connectivity index (χ0v) is 9.99. The van der Waals surface area contributed by atoms with Crippen molar-refractivity contribution in [1.29, 1.82) is 0 Å². The van der Waals surface area contributed by atoms with Crippen molar-refractivity contribution in [3.8, 4) is 0 Å². The molecule has 4 nitrogen and oxygen atoms in total. The highest BCUT2D eigenvalue weighted by Gasteiger charge is 2.32. The molecule has 2 atom stereocenters. The molecule has 0 bridgehead atoms. The van der Waals surface area contributed by atoms with Crippen LogP contribution in [0.3, 0.4) is 0 Å². The van der Waals surface area contributed by atoms with Gasteiger partial charge in [-0.1, -0.05) is 36.4 Å². The summed E-state index contributed by atoms with van der Waals surface area (Å²) >= 11 is 0. The summed E-state index contributed by atoms with van der Waals surface area (Å²) in [7, 11) is 0. The van der Waals surface area contributed by atoms with E-state index in [1.54, 1.807) is 30.3 Å². The minimum absolute atomic E-state index is 0.0113. The second kappa shape index (κ2) is 5.58. The van der Waals surface area contributed by atoms with Gasteiger partial charge in [0.2, 0.25) is 6.04 Å². The van der Waals surface area contributed by atoms with Gasteiger partial charge in [0.25, 0.3) is 0 Å². The quantitative estimate of drug-likeness (QED) is 0.354. The summed E-state index contributed by atoms with van der Waals surface area (Å²) in [4.78, 5) is 22.7. The van der Waals surface area contributed by atoms with Gasteiger partial charge >= 0.3 is 0 Å². The Morgan fingerprint density at radius 1 is 1.33 bits per heavy atom. The first-order valence-corrected chi connectivity index (χ1v) is 6.07. The Kier molecular flexibility index (Phi) is 3.87. The first-order valence-electron chi connectivity index (χ1n) is 6.07. The first-order chi connectivity index (χ1) is 8.68. The van der Waals surface area contributed by atoms with Crippen LogP contribution in [0.1, 0.15) is 29.6 Å². The molecule has 0 aromatic heterocycles. The lowest BCUT2D eigenvalue weighted by Gasteiger charge is -2.20. The molecular formula is C14H15NO3. The van der Waals surface area contributed by atoms with Crippen molar-refractivity contribution in [2.75, 3.05) is 0 Å². The highest BCUT2D eigenvalue weighted by molar-refractivity contribution is 5.96. The van der Waals surface area contributed by atoms with Gasteiger partial charge in [0, 0.05) is 22.8 Å². The van der Waals surface area contributed by atoms with Gasteiger partial charge in [0.05, 0.1) is 0 Å². The largest absolute Gasteiger partial charge is 0.294 e. The molecule has 1 aromatic rings. The molecule has 0 spiro atoms. The van der Waals surface area contributed by atoms with Gasteiger partial charge in [-0.15, -0.1) is 0 Å². The van der Waals surface area contributed by atoms with E-state index in [-0.39, 0.29) is 23.0 Å². The van der Waals surface area contributed by atoms with E-state index in [1.165, 1.54) is 0 Å². The average molecular weight is 245 g/mol. The Morgan fingerprint density at radius 3 is 2.72 bits per heavy atom. The van der Waals surface area contributed by atoms with Crippen molar-refractivity contribution >= 4 is 5.78 Å². The highest BCUT2D eigenvalue weighted by Crippen LogP contribution is 2.25. The van der Waals surface area contributed by atoms with Crippen LogP contribution in [-0.2, 0) is 0 Å². The van der Waals surface area contributed by atoms with E-state index in [2.05, 4.69) is 0 Å². The maximum Gasteiger partial charge on any atom is 0.234 e. The number of carbonyl (C=O) groups is 1. The van der Waals surface area contributed by atoms with E-state index in [0.717, 1.165) is 6.42 Å². The second-order valence-corrected chi connectivity index (χ2v) is 4.53. The molecule has 4 heteroatoms. The van der Waals surface area contributed by atoms with Crippen molar-refractivity contribution in [3.63, 3.8) is 0 Å². The molecule has 0 saturated carbocycles. The fraction of sp³-hybridized carbons (Fsp3) is 0.357. The molecule has 1 aliphatic carbocycles. The van der Waals surface area contributed by atoms with Crippen molar-refractivity contribution in [1.82, 2.24) is 0 Å². The molecule has 0 heterocycles. The van der Waals surface area contributed by atoms with Crippen molar-refractivity contribution in [3.05, 3.63) is 58.2 Å². The van der Waals surface area contributed by atoms with E-state index < -0.39 is 6.04 Å². The summed E-state index contributed by atoms with van der Waals surface area (Å²) in [6.07, 6.45) is 5.22. The molecule has 0 radical (unpaired) electrons. The Hall–Kier alpha value is -1.97. The number of carbonyl (C=O) groups excluding carboxylic acids is 1. The van der Waals surface area contributed by atoms with Crippen LogP contribution in [0, 0.1) is 16.0 Å². The third kappa shape index (κ3) is 2.83. The zero-order chi connectivity index (χ0) is 13.0. The zero-order valence-electron chi connectivity index (χ0n) is 9.99. The Balaban J connectivity index is 2.07. The summed E-state index contributed by atoms with van der Waals surface area (Å²) in [6, 6.07) is 8.24. The highest BCUT2D eigenvalue weighted by atomic mass is 16.6. The lowest BCUT2D eigenvalue weighted by atomic mass is 9.85. The Labute approximate surface area is 105 Å². The number of hydrogen-bond donors (Lipinski definition) is 0. The van der Waals surface area contributed by atoms with E-state index in [0.29, 0.717) is 12.0 Å². The number of nitrogens with zero attached hydrogens (tertiary/aromatic N) is 1. The maximum absolute atomic E-state index is 12.0. The van der Waals surface area contributed by atoms with Gasteiger partial charge in [-0.2, -0.15) is 0 Å². The number of allylic oxidation sites excluding steroid dienone is 1. The van der Waals surface area contributed by atoms with Crippen LogP contribution in [0.25, 0.3) is 0 Å². The van der Waals surface area contributed by atoms with Crippen LogP contribution in [0.4, 0.5) is 0 Å². The standard InChI is InChI=1S/C14H15NO3/c16-14(11-6-2-1-3-7-11)10-12-8-4-5-9-13(12)15(17)18/h1-3,5-7,9,12-13H,4,8,10H2. The first kappa shape index (κ1) is 12.5. The van der Waals surface area contributed by atoms with Crippen molar-refractivity contribution < 1.29 is 9.72 Å². The lowest BCUT2D eigenvalue weighted by molar-refractivity contribution is -0.519. The third-order valence-corrected chi connectivity index (χ3v) is 3.31. The molecule has 94 valence electrons. The fourth-order valence-electron chi connectivity index (χ4n) is 2.32. The molecule has 1 aromatic carbocycles. The Bertz CT molecular complexity index is 467. The predicted octanol–water partition coefficient (Wildman–Crippen LogP) is 2.87. The van der Waals surface area contributed by atoms with Gasteiger partial charge in [0.1, 0.15) is 0 Å². The van der Waals surface area contributed by atoms with E-state index in [9.17, 15) is 14.9 Å².